The molecule has 0 aromatic rings. The lowest BCUT2D eigenvalue weighted by Crippen LogP contribution is -2.65. The maximum Gasteiger partial charge on any atom is 0.302 e. The molecular formula is C66H109ClN4O6. The predicted molar refractivity (Wildman–Crippen MR) is 310 cm³/mol. The first-order valence-corrected chi connectivity index (χ1v) is 31.5. The molecule has 0 saturated heterocycles. The molecule has 1 amide bonds. The molecule has 10 nitrogen and oxygen atoms in total. The maximum absolute atomic E-state index is 12.7. The fourth-order valence-corrected chi connectivity index (χ4v) is 23.8. The van der Waals surface area contributed by atoms with E-state index < -0.39 is 0 Å². The summed E-state index contributed by atoms with van der Waals surface area (Å²) in [5.74, 6) is 18.1. The van der Waals surface area contributed by atoms with Crippen LogP contribution < -0.4 is 23.0 Å². The van der Waals surface area contributed by atoms with Crippen molar-refractivity contribution in [1.82, 2.24) is 5.43 Å². The summed E-state index contributed by atoms with van der Waals surface area (Å²) in [6.07, 6.45) is 24.5. The molecule has 16 atom stereocenters. The molecule has 436 valence electrons. The molecular weight excluding hydrogens is 980 g/mol. The smallest absolute Gasteiger partial charge is 0.302 e. The number of carbonyl (C=O) groups is 4. The third kappa shape index (κ3) is 9.14. The molecule has 8 saturated carbocycles. The van der Waals surface area contributed by atoms with Crippen LogP contribution in [0.1, 0.15) is 252 Å². The third-order valence-corrected chi connectivity index (χ3v) is 27.4. The van der Waals surface area contributed by atoms with Crippen LogP contribution in [-0.2, 0) is 28.7 Å². The van der Waals surface area contributed by atoms with Gasteiger partial charge in [0.15, 0.2) is 0 Å². The minimum absolute atomic E-state index is 0.00102. The zero-order chi connectivity index (χ0) is 57.1. The number of allylic oxidation sites excluding steroid dienone is 4. The molecule has 10 aliphatic rings. The molecule has 0 aromatic carbocycles. The highest BCUT2D eigenvalue weighted by molar-refractivity contribution is 6.63. The van der Waals surface area contributed by atoms with Crippen molar-refractivity contribution in [3.05, 3.63) is 22.3 Å². The number of rotatable bonds is 8. The van der Waals surface area contributed by atoms with Gasteiger partial charge in [-0.25, -0.2) is 5.84 Å². The Morgan fingerprint density at radius 3 is 1.22 bits per heavy atom. The molecule has 0 radical (unpaired) electrons. The minimum atomic E-state index is -0.147. The number of hydrogen-bond acceptors (Lipinski definition) is 9. The highest BCUT2D eigenvalue weighted by atomic mass is 35.5. The van der Waals surface area contributed by atoms with Crippen LogP contribution in [0.15, 0.2) is 22.3 Å². The molecule has 77 heavy (non-hydrogen) atoms. The Hall–Kier alpha value is -2.27. The van der Waals surface area contributed by atoms with E-state index in [-0.39, 0.29) is 89.4 Å². The standard InChI is InChI=1S/C33H51ClO3.C33H54N2O3.H4N2/c1-20(2)22-11-16-33(19-27(34)36)18-17-31(7)23(28(22)33)9-10-25-30(6)14-13-26(37-21(3)35)29(4,5)24(30)12-15-32(25,31)8;1-20(2)22-11-16-33(19-27(37)35-34)18-17-31(7)23(28(22)33)9-10-25-30(6)14-13-26(38-21(3)36)29(4,5)24(30)12-15-32(25,31)8;1-2/h20,23-26H,9-19H2,1-8H3;20,23-26H,9-19,34H2,1-8H3,(H,35,37);1-2H2/t2*23-,24+,25-,26+,30+,31-,32-,33-;/m11./s1. The van der Waals surface area contributed by atoms with Crippen LogP contribution in [0.4, 0.5) is 0 Å². The lowest BCUT2D eigenvalue weighted by molar-refractivity contribution is -0.232. The predicted octanol–water partition coefficient (Wildman–Crippen LogP) is 14.8. The lowest BCUT2D eigenvalue weighted by atomic mass is 9.33. The van der Waals surface area contributed by atoms with Crippen molar-refractivity contribution in [3.8, 4) is 0 Å². The lowest BCUT2D eigenvalue weighted by Gasteiger charge is -2.72. The van der Waals surface area contributed by atoms with Crippen molar-refractivity contribution in [1.29, 1.82) is 0 Å². The Labute approximate surface area is 472 Å². The summed E-state index contributed by atoms with van der Waals surface area (Å²) in [6.45, 7) is 37.8. The first kappa shape index (κ1) is 60.8. The van der Waals surface area contributed by atoms with Crippen molar-refractivity contribution in [2.45, 2.75) is 264 Å². The highest BCUT2D eigenvalue weighted by Gasteiger charge is 2.72. The Balaban J connectivity index is 0.000000197. The zero-order valence-electron chi connectivity index (χ0n) is 51.4. The number of amides is 1. The van der Waals surface area contributed by atoms with E-state index in [0.29, 0.717) is 60.2 Å². The maximum atomic E-state index is 12.7. The molecule has 8 fully saturated rings. The van der Waals surface area contributed by atoms with Crippen LogP contribution in [0.25, 0.3) is 0 Å². The van der Waals surface area contributed by atoms with Crippen LogP contribution in [0.2, 0.25) is 0 Å². The van der Waals surface area contributed by atoms with Crippen molar-refractivity contribution >= 4 is 34.7 Å². The van der Waals surface area contributed by atoms with Gasteiger partial charge in [-0.15, -0.1) is 0 Å². The summed E-state index contributed by atoms with van der Waals surface area (Å²) in [5.41, 5.74) is 10.7. The van der Waals surface area contributed by atoms with E-state index in [1.807, 2.05) is 0 Å². The number of ether oxygens (including phenoxy) is 2. The van der Waals surface area contributed by atoms with Crippen molar-refractivity contribution in [2.75, 3.05) is 0 Å². The number of nitrogens with one attached hydrogen (secondary N) is 1. The van der Waals surface area contributed by atoms with E-state index in [1.165, 1.54) is 64.2 Å². The average molecular weight is 1090 g/mol. The molecule has 10 rings (SSSR count). The van der Waals surface area contributed by atoms with Gasteiger partial charge in [-0.1, -0.05) is 119 Å². The van der Waals surface area contributed by atoms with Gasteiger partial charge in [0.05, 0.1) is 0 Å². The van der Waals surface area contributed by atoms with Crippen LogP contribution in [0, 0.1) is 101 Å². The Kier molecular flexibility index (Phi) is 16.5. The number of halogens is 1. The van der Waals surface area contributed by atoms with E-state index in [9.17, 15) is 19.2 Å². The first-order chi connectivity index (χ1) is 35.8. The first-order valence-electron chi connectivity index (χ1n) is 31.1. The molecule has 0 heterocycles. The molecule has 0 aliphatic heterocycles. The highest BCUT2D eigenvalue weighted by Crippen LogP contribution is 2.79. The summed E-state index contributed by atoms with van der Waals surface area (Å²) in [4.78, 5) is 48.9. The number of esters is 2. The van der Waals surface area contributed by atoms with Crippen LogP contribution in [0.5, 0.6) is 0 Å². The largest absolute Gasteiger partial charge is 0.462 e. The average Bonchev–Trinajstić information content (AvgIpc) is 4.15. The van der Waals surface area contributed by atoms with Gasteiger partial charge >= 0.3 is 11.9 Å². The number of carbonyl (C=O) groups excluding carboxylic acids is 4. The summed E-state index contributed by atoms with van der Waals surface area (Å²) < 4.78 is 11.8. The van der Waals surface area contributed by atoms with Gasteiger partial charge in [-0.2, -0.15) is 0 Å². The van der Waals surface area contributed by atoms with Gasteiger partial charge in [0.1, 0.15) is 12.2 Å². The summed E-state index contributed by atoms with van der Waals surface area (Å²) in [6, 6.07) is 0. The zero-order valence-corrected chi connectivity index (χ0v) is 52.1. The Morgan fingerprint density at radius 1 is 0.506 bits per heavy atom. The van der Waals surface area contributed by atoms with Gasteiger partial charge in [-0.05, 0) is 220 Å². The fourth-order valence-electron chi connectivity index (χ4n) is 23.5. The summed E-state index contributed by atoms with van der Waals surface area (Å²) in [5, 5.41) is -0.147. The summed E-state index contributed by atoms with van der Waals surface area (Å²) >= 11 is 6.12. The van der Waals surface area contributed by atoms with Crippen molar-refractivity contribution in [3.63, 3.8) is 0 Å². The van der Waals surface area contributed by atoms with Gasteiger partial charge < -0.3 is 9.47 Å². The van der Waals surface area contributed by atoms with E-state index >= 15 is 0 Å². The second-order valence-electron chi connectivity index (χ2n) is 31.2. The van der Waals surface area contributed by atoms with Crippen LogP contribution >= 0.6 is 11.6 Å². The fraction of sp³-hybridized carbons (Fsp3) is 0.879. The molecule has 0 aromatic heterocycles. The second kappa shape index (κ2) is 20.9. The van der Waals surface area contributed by atoms with Gasteiger partial charge in [-0.3, -0.25) is 36.3 Å². The minimum Gasteiger partial charge on any atom is -0.462 e. The third-order valence-electron chi connectivity index (χ3n) is 27.3. The number of hydrazine groups is 2. The number of hydrogen-bond donors (Lipinski definition) is 4. The Morgan fingerprint density at radius 2 is 0.883 bits per heavy atom. The van der Waals surface area contributed by atoms with Gasteiger partial charge in [0.25, 0.3) is 0 Å². The second-order valence-corrected chi connectivity index (χ2v) is 31.6. The van der Waals surface area contributed by atoms with E-state index in [0.717, 1.165) is 64.2 Å². The van der Waals surface area contributed by atoms with Crippen LogP contribution in [-0.4, -0.2) is 35.3 Å². The van der Waals surface area contributed by atoms with Gasteiger partial charge in [0.2, 0.25) is 11.1 Å². The molecule has 11 heteroatoms. The van der Waals surface area contributed by atoms with E-state index in [4.69, 9.17) is 26.9 Å². The Bertz CT molecular complexity index is 2380. The van der Waals surface area contributed by atoms with Crippen molar-refractivity contribution in [2.24, 2.45) is 119 Å². The quantitative estimate of drug-likeness (QED) is 0.0460. The molecule has 0 spiro atoms. The van der Waals surface area contributed by atoms with Crippen LogP contribution in [0.3, 0.4) is 0 Å². The number of nitrogens with two attached hydrogens (primary N) is 3. The topological polar surface area (TPSA) is 177 Å². The van der Waals surface area contributed by atoms with E-state index in [1.54, 1.807) is 36.1 Å². The van der Waals surface area contributed by atoms with Gasteiger partial charge in [0, 0.05) is 48.3 Å². The summed E-state index contributed by atoms with van der Waals surface area (Å²) in [7, 11) is 0. The molecule has 0 unspecified atom stereocenters. The molecule has 7 N–H and O–H groups in total. The SMILES string of the molecule is CC(=O)O[C@H]1CC[C@]2(C)[C@H]3CC[C@@H]4C5=C(C(C)C)CC[C@]5(CC(=O)Cl)CC[C@@]4(C)[C@]3(C)CC[C@H]2C1(C)C.CC(=O)O[C@H]1CC[C@]2(C)[C@H]3CC[C@@H]4C5=C(C(C)C)CC[C@]5(CC(=O)NN)CC[C@@]4(C)[C@]3(C)CC[C@H]2C1(C)C.NN. The normalized spacial score (nSPS) is 44.9. The monoisotopic (exact) mass is 1090 g/mol. The number of fused-ring (bicyclic) bond motifs is 14. The molecule has 0 bridgehead atoms. The molecule has 10 aliphatic carbocycles. The van der Waals surface area contributed by atoms with Crippen molar-refractivity contribution < 1.29 is 28.7 Å². The van der Waals surface area contributed by atoms with E-state index in [2.05, 4.69) is 114 Å².